The number of aromatic amines is 1. The van der Waals surface area contributed by atoms with Crippen LogP contribution < -0.4 is 11.2 Å². The summed E-state index contributed by atoms with van der Waals surface area (Å²) in [6.45, 7) is 2.76. The van der Waals surface area contributed by atoms with Crippen molar-refractivity contribution in [1.29, 1.82) is 0 Å². The van der Waals surface area contributed by atoms with Gasteiger partial charge in [0.1, 0.15) is 12.2 Å². The van der Waals surface area contributed by atoms with E-state index >= 15 is 0 Å². The molecular weight excluding hydrogens is 375 g/mol. The van der Waals surface area contributed by atoms with Crippen molar-refractivity contribution in [3.8, 4) is 0 Å². The van der Waals surface area contributed by atoms with Crippen LogP contribution in [0.1, 0.15) is 18.2 Å². The van der Waals surface area contributed by atoms with Crippen LogP contribution in [0.25, 0.3) is 6.08 Å². The first-order valence-corrected chi connectivity index (χ1v) is 11.4. The number of carbonyl (C=O) groups excluding carboxylic acids is 1. The Morgan fingerprint density at radius 3 is 2.67 bits per heavy atom. The van der Waals surface area contributed by atoms with E-state index in [1.807, 2.05) is 0 Å². The molecule has 0 saturated carbocycles. The van der Waals surface area contributed by atoms with Gasteiger partial charge in [-0.2, -0.15) is 0 Å². The highest BCUT2D eigenvalue weighted by molar-refractivity contribution is 7.72. The molecule has 3 N–H and O–H groups in total. The summed E-state index contributed by atoms with van der Waals surface area (Å²) in [6, 6.07) is 0. The molecule has 0 bridgehead atoms. The van der Waals surface area contributed by atoms with Gasteiger partial charge in [0.2, 0.25) is 0 Å². The van der Waals surface area contributed by atoms with E-state index in [9.17, 15) is 24.6 Å². The van der Waals surface area contributed by atoms with Gasteiger partial charge in [0.05, 0.1) is 18.8 Å². The van der Waals surface area contributed by atoms with Crippen LogP contribution in [-0.4, -0.2) is 76.9 Å². The molecular formula is C17H25N2O7P. The van der Waals surface area contributed by atoms with Gasteiger partial charge in [0.15, 0.2) is 6.23 Å². The first kappa shape index (κ1) is 21.4. The monoisotopic (exact) mass is 400 g/mol. The minimum Gasteiger partial charge on any atom is -0.466 e. The van der Waals surface area contributed by atoms with E-state index in [0.717, 1.165) is 16.8 Å². The third-order valence-electron chi connectivity index (χ3n) is 4.23. The molecule has 0 radical (unpaired) electrons. The second-order valence-electron chi connectivity index (χ2n) is 7.10. The van der Waals surface area contributed by atoms with E-state index in [1.165, 1.54) is 19.4 Å². The van der Waals surface area contributed by atoms with Crippen LogP contribution in [0.2, 0.25) is 0 Å². The lowest BCUT2D eigenvalue weighted by Gasteiger charge is -2.19. The summed E-state index contributed by atoms with van der Waals surface area (Å²) in [6.07, 6.45) is 4.40. The summed E-state index contributed by atoms with van der Waals surface area (Å²) < 4.78 is 11.2. The molecule has 4 atom stereocenters. The standard InChI is InChI=1S/C17H25N2O7P/c1-25-12(20)6-5-10-9-19(17(24)18-15(10)23)16-14(22)13(21)11(26-16)7-8-27(2,3)4/h5-6,9,11,13-14,16,21-22H,2,7-8H2,1,3-4H3,(H,18,23,24)/b6-5+/t11-,13-,14-,16?/m1/s1. The SMILES string of the molecule is C=P(C)(C)CC[C@H]1OC(n2cc(/C=C/C(=O)OC)c(=O)[nH]c2=O)[C@H](O)[C@@H]1O. The van der Waals surface area contributed by atoms with Crippen LogP contribution in [-0.2, 0) is 14.3 Å². The molecule has 1 unspecified atom stereocenters. The van der Waals surface area contributed by atoms with E-state index in [1.54, 1.807) is 0 Å². The average molecular weight is 400 g/mol. The molecule has 150 valence electrons. The van der Waals surface area contributed by atoms with Gasteiger partial charge >= 0.3 is 11.7 Å². The Morgan fingerprint density at radius 1 is 1.41 bits per heavy atom. The van der Waals surface area contributed by atoms with Gasteiger partial charge in [-0.05, 0) is 32.0 Å². The third-order valence-corrected chi connectivity index (χ3v) is 5.69. The average Bonchev–Trinajstić information content (AvgIpc) is 2.86. The second-order valence-corrected chi connectivity index (χ2v) is 11.4. The van der Waals surface area contributed by atoms with E-state index in [4.69, 9.17) is 4.74 Å². The number of H-pyrrole nitrogens is 1. The summed E-state index contributed by atoms with van der Waals surface area (Å²) in [5, 5.41) is 20.6. The lowest BCUT2D eigenvalue weighted by molar-refractivity contribution is -0.134. The van der Waals surface area contributed by atoms with Crippen LogP contribution >= 0.6 is 6.89 Å². The number of hydrogen-bond donors (Lipinski definition) is 3. The predicted molar refractivity (Wildman–Crippen MR) is 104 cm³/mol. The summed E-state index contributed by atoms with van der Waals surface area (Å²) in [7, 11) is 1.19. The molecule has 0 amide bonds. The first-order chi connectivity index (χ1) is 12.5. The van der Waals surface area contributed by atoms with Crippen molar-refractivity contribution in [2.24, 2.45) is 0 Å². The highest BCUT2D eigenvalue weighted by Gasteiger charge is 2.43. The molecule has 9 nitrogen and oxygen atoms in total. The van der Waals surface area contributed by atoms with E-state index in [-0.39, 0.29) is 5.56 Å². The third kappa shape index (κ3) is 5.29. The smallest absolute Gasteiger partial charge is 0.330 e. The van der Waals surface area contributed by atoms with E-state index in [0.29, 0.717) is 6.42 Å². The zero-order valence-electron chi connectivity index (χ0n) is 15.5. The quantitative estimate of drug-likeness (QED) is 0.331. The number of nitrogens with zero attached hydrogens (tertiary/aromatic N) is 1. The number of hydrogen-bond acceptors (Lipinski definition) is 7. The van der Waals surface area contributed by atoms with Crippen molar-refractivity contribution < 1.29 is 24.5 Å². The summed E-state index contributed by atoms with van der Waals surface area (Å²) >= 11 is 0. The van der Waals surface area contributed by atoms with Crippen LogP contribution in [0.15, 0.2) is 21.9 Å². The lowest BCUT2D eigenvalue weighted by atomic mass is 10.1. The Bertz CT molecular complexity index is 882. The van der Waals surface area contributed by atoms with Gasteiger partial charge in [0, 0.05) is 12.3 Å². The Kier molecular flexibility index (Phi) is 6.64. The zero-order valence-corrected chi connectivity index (χ0v) is 16.4. The van der Waals surface area contributed by atoms with Crippen LogP contribution in [0.3, 0.4) is 0 Å². The van der Waals surface area contributed by atoms with Crippen molar-refractivity contribution in [2.45, 2.75) is 31.0 Å². The predicted octanol–water partition coefficient (Wildman–Crippen LogP) is -0.559. The first-order valence-electron chi connectivity index (χ1n) is 8.34. The number of ether oxygens (including phenoxy) is 2. The molecule has 2 rings (SSSR count). The van der Waals surface area contributed by atoms with Crippen molar-refractivity contribution in [3.63, 3.8) is 0 Å². The molecule has 2 heterocycles. The molecule has 1 aliphatic heterocycles. The van der Waals surface area contributed by atoms with Gasteiger partial charge in [-0.25, -0.2) is 9.59 Å². The largest absolute Gasteiger partial charge is 0.466 e. The zero-order chi connectivity index (χ0) is 20.4. The highest BCUT2D eigenvalue weighted by atomic mass is 31.2. The number of methoxy groups -OCH3 is 1. The molecule has 1 fully saturated rings. The highest BCUT2D eigenvalue weighted by Crippen LogP contribution is 2.39. The van der Waals surface area contributed by atoms with Crippen molar-refractivity contribution >= 4 is 25.2 Å². The molecule has 1 aromatic heterocycles. The maximum absolute atomic E-state index is 12.2. The Morgan fingerprint density at radius 2 is 2.07 bits per heavy atom. The molecule has 0 spiro atoms. The maximum atomic E-state index is 12.2. The fraction of sp³-hybridized carbons (Fsp3) is 0.529. The Labute approximate surface area is 156 Å². The second kappa shape index (κ2) is 8.39. The van der Waals surface area contributed by atoms with Gasteiger partial charge in [0.25, 0.3) is 5.56 Å². The van der Waals surface area contributed by atoms with Crippen LogP contribution in [0.4, 0.5) is 0 Å². The Hall–Kier alpha value is -1.93. The van der Waals surface area contributed by atoms with Crippen molar-refractivity contribution in [1.82, 2.24) is 9.55 Å². The van der Waals surface area contributed by atoms with Gasteiger partial charge in [-0.3, -0.25) is 14.3 Å². The molecule has 27 heavy (non-hydrogen) atoms. The Balaban J connectivity index is 2.30. The topological polar surface area (TPSA) is 131 Å². The molecule has 0 aromatic carbocycles. The molecule has 1 aliphatic rings. The van der Waals surface area contributed by atoms with Gasteiger partial charge in [-0.15, -0.1) is 13.2 Å². The number of aromatic nitrogens is 2. The molecule has 0 aliphatic carbocycles. The van der Waals surface area contributed by atoms with Crippen molar-refractivity contribution in [3.05, 3.63) is 38.7 Å². The summed E-state index contributed by atoms with van der Waals surface area (Å²) in [4.78, 5) is 37.4. The summed E-state index contributed by atoms with van der Waals surface area (Å²) in [5.74, 6) is -0.668. The minimum absolute atomic E-state index is 0.00134. The normalized spacial score (nSPS) is 25.8. The number of aliphatic hydroxyl groups excluding tert-OH is 2. The fourth-order valence-electron chi connectivity index (χ4n) is 2.71. The summed E-state index contributed by atoms with van der Waals surface area (Å²) in [5.41, 5.74) is -1.50. The molecule has 1 saturated heterocycles. The number of aliphatic hydroxyl groups is 2. The number of nitrogens with one attached hydrogen (secondary N) is 1. The van der Waals surface area contributed by atoms with E-state index < -0.39 is 48.6 Å². The molecule has 10 heteroatoms. The van der Waals surface area contributed by atoms with Crippen LogP contribution in [0.5, 0.6) is 0 Å². The number of esters is 1. The van der Waals surface area contributed by atoms with E-state index in [2.05, 4.69) is 29.3 Å². The minimum atomic E-state index is -1.35. The maximum Gasteiger partial charge on any atom is 0.330 e. The van der Waals surface area contributed by atoms with Gasteiger partial charge < -0.3 is 19.7 Å². The van der Waals surface area contributed by atoms with Crippen molar-refractivity contribution in [2.75, 3.05) is 26.6 Å². The fourth-order valence-corrected chi connectivity index (χ4v) is 3.66. The number of rotatable bonds is 6. The van der Waals surface area contributed by atoms with Crippen LogP contribution in [0, 0.1) is 0 Å². The number of carbonyl (C=O) groups is 1. The van der Waals surface area contributed by atoms with Gasteiger partial charge in [-0.1, -0.05) is 0 Å². The lowest BCUT2D eigenvalue weighted by Crippen LogP contribution is -2.38. The molecule has 1 aromatic rings.